The van der Waals surface area contributed by atoms with Gasteiger partial charge in [0.2, 0.25) is 0 Å². The molecule has 0 aliphatic rings. The SMILES string of the molecule is CCN(CCC#N)c1cccnc1N. The highest BCUT2D eigenvalue weighted by Gasteiger charge is 2.06. The van der Waals surface area contributed by atoms with Gasteiger partial charge in [-0.1, -0.05) is 0 Å². The van der Waals surface area contributed by atoms with Gasteiger partial charge in [0.25, 0.3) is 0 Å². The Morgan fingerprint density at radius 1 is 1.64 bits per heavy atom. The third-order valence-corrected chi connectivity index (χ3v) is 2.03. The molecule has 0 spiro atoms. The minimum Gasteiger partial charge on any atom is -0.382 e. The number of hydrogen-bond donors (Lipinski definition) is 1. The molecule has 1 rings (SSSR count). The van der Waals surface area contributed by atoms with E-state index in [1.54, 1.807) is 6.20 Å². The van der Waals surface area contributed by atoms with Crippen molar-refractivity contribution in [1.82, 2.24) is 4.98 Å². The first kappa shape index (κ1) is 10.3. The van der Waals surface area contributed by atoms with E-state index < -0.39 is 0 Å². The van der Waals surface area contributed by atoms with E-state index in [1.165, 1.54) is 0 Å². The van der Waals surface area contributed by atoms with Crippen LogP contribution in [0.5, 0.6) is 0 Å². The molecular weight excluding hydrogens is 176 g/mol. The summed E-state index contributed by atoms with van der Waals surface area (Å²) in [6.45, 7) is 3.56. The van der Waals surface area contributed by atoms with E-state index in [-0.39, 0.29) is 0 Å². The monoisotopic (exact) mass is 190 g/mol. The Balaban J connectivity index is 2.79. The van der Waals surface area contributed by atoms with Crippen molar-refractivity contribution in [2.24, 2.45) is 0 Å². The predicted octanol–water partition coefficient (Wildman–Crippen LogP) is 1.40. The highest BCUT2D eigenvalue weighted by atomic mass is 15.1. The Morgan fingerprint density at radius 2 is 2.43 bits per heavy atom. The number of hydrogen-bond acceptors (Lipinski definition) is 4. The van der Waals surface area contributed by atoms with Crippen LogP contribution in [-0.4, -0.2) is 18.1 Å². The maximum absolute atomic E-state index is 8.50. The van der Waals surface area contributed by atoms with Crippen LogP contribution in [0.4, 0.5) is 11.5 Å². The van der Waals surface area contributed by atoms with Gasteiger partial charge in [0.1, 0.15) is 5.82 Å². The lowest BCUT2D eigenvalue weighted by atomic mass is 10.3. The van der Waals surface area contributed by atoms with Crippen molar-refractivity contribution in [2.45, 2.75) is 13.3 Å². The number of nitriles is 1. The van der Waals surface area contributed by atoms with Gasteiger partial charge in [-0.05, 0) is 19.1 Å². The van der Waals surface area contributed by atoms with E-state index in [1.807, 2.05) is 24.0 Å². The summed E-state index contributed by atoms with van der Waals surface area (Å²) in [6, 6.07) is 5.89. The third kappa shape index (κ3) is 2.36. The van der Waals surface area contributed by atoms with E-state index in [0.717, 1.165) is 12.2 Å². The largest absolute Gasteiger partial charge is 0.382 e. The van der Waals surface area contributed by atoms with Gasteiger partial charge < -0.3 is 10.6 Å². The molecule has 2 N–H and O–H groups in total. The smallest absolute Gasteiger partial charge is 0.146 e. The fraction of sp³-hybridized carbons (Fsp3) is 0.400. The standard InChI is InChI=1S/C10H14N4/c1-2-14(8-4-6-11)9-5-3-7-13-10(9)12/h3,5,7H,2,4,8H2,1H3,(H2,12,13). The molecule has 14 heavy (non-hydrogen) atoms. The lowest BCUT2D eigenvalue weighted by molar-refractivity contribution is 0.826. The molecule has 0 amide bonds. The molecule has 1 heterocycles. The second-order valence-corrected chi connectivity index (χ2v) is 2.90. The van der Waals surface area contributed by atoms with Crippen molar-refractivity contribution in [3.05, 3.63) is 18.3 Å². The second kappa shape index (κ2) is 5.07. The molecule has 0 aliphatic heterocycles. The van der Waals surface area contributed by atoms with Gasteiger partial charge in [-0.25, -0.2) is 4.98 Å². The Bertz CT molecular complexity index is 329. The predicted molar refractivity (Wildman–Crippen MR) is 56.8 cm³/mol. The summed E-state index contributed by atoms with van der Waals surface area (Å²) in [5.74, 6) is 0.521. The first-order chi connectivity index (χ1) is 6.79. The summed E-state index contributed by atoms with van der Waals surface area (Å²) in [5, 5.41) is 8.50. The van der Waals surface area contributed by atoms with Crippen LogP contribution in [0.3, 0.4) is 0 Å². The number of pyridine rings is 1. The minimum absolute atomic E-state index is 0.502. The van der Waals surface area contributed by atoms with E-state index >= 15 is 0 Å². The summed E-state index contributed by atoms with van der Waals surface area (Å²) in [7, 11) is 0. The third-order valence-electron chi connectivity index (χ3n) is 2.03. The van der Waals surface area contributed by atoms with Gasteiger partial charge >= 0.3 is 0 Å². The molecule has 0 unspecified atom stereocenters. The van der Waals surface area contributed by atoms with Crippen molar-refractivity contribution in [2.75, 3.05) is 23.7 Å². The zero-order chi connectivity index (χ0) is 10.4. The van der Waals surface area contributed by atoms with E-state index in [9.17, 15) is 0 Å². The van der Waals surface area contributed by atoms with Crippen LogP contribution in [0, 0.1) is 11.3 Å². The summed E-state index contributed by atoms with van der Waals surface area (Å²) in [5.41, 5.74) is 6.64. The topological polar surface area (TPSA) is 65.9 Å². The van der Waals surface area contributed by atoms with Gasteiger partial charge in [-0.2, -0.15) is 5.26 Å². The average Bonchev–Trinajstić information content (AvgIpc) is 2.21. The number of anilines is 2. The zero-order valence-corrected chi connectivity index (χ0v) is 8.27. The normalized spacial score (nSPS) is 9.43. The van der Waals surface area contributed by atoms with Crippen molar-refractivity contribution >= 4 is 11.5 Å². The maximum Gasteiger partial charge on any atom is 0.146 e. The van der Waals surface area contributed by atoms with Gasteiger partial charge in [0, 0.05) is 19.3 Å². The summed E-state index contributed by atoms with van der Waals surface area (Å²) in [6.07, 6.45) is 2.17. The van der Waals surface area contributed by atoms with Crippen LogP contribution in [0.1, 0.15) is 13.3 Å². The van der Waals surface area contributed by atoms with Gasteiger partial charge in [0.15, 0.2) is 0 Å². The lowest BCUT2D eigenvalue weighted by Crippen LogP contribution is -2.24. The van der Waals surface area contributed by atoms with Crippen LogP contribution in [-0.2, 0) is 0 Å². The fourth-order valence-electron chi connectivity index (χ4n) is 1.31. The number of aromatic nitrogens is 1. The molecule has 0 radical (unpaired) electrons. The molecule has 4 heteroatoms. The Morgan fingerprint density at radius 3 is 3.00 bits per heavy atom. The summed E-state index contributed by atoms with van der Waals surface area (Å²) in [4.78, 5) is 6.06. The first-order valence-electron chi connectivity index (χ1n) is 4.62. The lowest BCUT2D eigenvalue weighted by Gasteiger charge is -2.22. The van der Waals surface area contributed by atoms with Crippen molar-refractivity contribution < 1.29 is 0 Å². The molecule has 74 valence electrons. The second-order valence-electron chi connectivity index (χ2n) is 2.90. The van der Waals surface area contributed by atoms with Gasteiger partial charge in [-0.3, -0.25) is 0 Å². The van der Waals surface area contributed by atoms with Crippen molar-refractivity contribution in [3.8, 4) is 6.07 Å². The Labute approximate surface area is 84.0 Å². The highest BCUT2D eigenvalue weighted by molar-refractivity contribution is 5.62. The number of nitrogens with two attached hydrogens (primary N) is 1. The molecule has 0 fully saturated rings. The van der Waals surface area contributed by atoms with Crippen LogP contribution in [0.25, 0.3) is 0 Å². The molecule has 1 aromatic heterocycles. The molecule has 0 aromatic carbocycles. The highest BCUT2D eigenvalue weighted by Crippen LogP contribution is 2.19. The first-order valence-corrected chi connectivity index (χ1v) is 4.62. The van der Waals surface area contributed by atoms with Crippen LogP contribution in [0.2, 0.25) is 0 Å². The molecule has 4 nitrogen and oxygen atoms in total. The van der Waals surface area contributed by atoms with E-state index in [2.05, 4.69) is 11.1 Å². The molecular formula is C10H14N4. The van der Waals surface area contributed by atoms with E-state index in [0.29, 0.717) is 18.8 Å². The molecule has 0 aliphatic carbocycles. The molecule has 1 aromatic rings. The zero-order valence-electron chi connectivity index (χ0n) is 8.27. The van der Waals surface area contributed by atoms with Gasteiger partial charge in [0.05, 0.1) is 18.2 Å². The molecule has 0 bridgehead atoms. The molecule has 0 saturated carbocycles. The number of rotatable bonds is 4. The molecule has 0 atom stereocenters. The summed E-state index contributed by atoms with van der Waals surface area (Å²) >= 11 is 0. The van der Waals surface area contributed by atoms with E-state index in [4.69, 9.17) is 11.0 Å². The Hall–Kier alpha value is -1.76. The van der Waals surface area contributed by atoms with Crippen LogP contribution < -0.4 is 10.6 Å². The summed E-state index contributed by atoms with van der Waals surface area (Å²) < 4.78 is 0. The quantitative estimate of drug-likeness (QED) is 0.779. The van der Waals surface area contributed by atoms with Crippen molar-refractivity contribution in [3.63, 3.8) is 0 Å². The fourth-order valence-corrected chi connectivity index (χ4v) is 1.31. The molecule has 0 saturated heterocycles. The van der Waals surface area contributed by atoms with Gasteiger partial charge in [-0.15, -0.1) is 0 Å². The number of nitrogen functional groups attached to an aromatic ring is 1. The minimum atomic E-state index is 0.502. The van der Waals surface area contributed by atoms with Crippen molar-refractivity contribution in [1.29, 1.82) is 5.26 Å². The Kier molecular flexibility index (Phi) is 3.74. The number of nitrogens with zero attached hydrogens (tertiary/aromatic N) is 3. The van der Waals surface area contributed by atoms with Crippen LogP contribution in [0.15, 0.2) is 18.3 Å². The average molecular weight is 190 g/mol. The van der Waals surface area contributed by atoms with Crippen LogP contribution >= 0.6 is 0 Å². The maximum atomic E-state index is 8.50.